The van der Waals surface area contributed by atoms with Crippen molar-refractivity contribution in [1.82, 2.24) is 9.97 Å². The van der Waals surface area contributed by atoms with Crippen molar-refractivity contribution < 1.29 is 0 Å². The Labute approximate surface area is 123 Å². The first-order valence-corrected chi connectivity index (χ1v) is 7.90. The van der Waals surface area contributed by atoms with Gasteiger partial charge in [-0.1, -0.05) is 40.5 Å². The van der Waals surface area contributed by atoms with E-state index in [2.05, 4.69) is 62.1 Å². The van der Waals surface area contributed by atoms with E-state index in [0.29, 0.717) is 17.9 Å². The zero-order valence-electron chi connectivity index (χ0n) is 13.8. The maximum Gasteiger partial charge on any atom is 0.135 e. The van der Waals surface area contributed by atoms with E-state index in [0.717, 1.165) is 18.2 Å². The molecule has 0 bridgehead atoms. The Hall–Kier alpha value is -1.32. The molecule has 0 amide bonds. The van der Waals surface area contributed by atoms with Crippen LogP contribution in [0.5, 0.6) is 0 Å². The first kappa shape index (κ1) is 16.7. The van der Waals surface area contributed by atoms with Crippen LogP contribution in [0.3, 0.4) is 0 Å². The van der Waals surface area contributed by atoms with Gasteiger partial charge in [-0.2, -0.15) is 0 Å². The highest BCUT2D eigenvalue weighted by molar-refractivity contribution is 5.59. The third kappa shape index (κ3) is 4.09. The predicted octanol–water partition coefficient (Wildman–Crippen LogP) is 4.27. The fraction of sp³-hybridized carbons (Fsp3) is 0.750. The molecule has 0 aliphatic carbocycles. The van der Waals surface area contributed by atoms with Gasteiger partial charge in [0.15, 0.2) is 0 Å². The average Bonchev–Trinajstić information content (AvgIpc) is 2.40. The quantitative estimate of drug-likeness (QED) is 0.745. The molecule has 4 heteroatoms. The smallest absolute Gasteiger partial charge is 0.135 e. The zero-order chi connectivity index (χ0) is 15.1. The lowest BCUT2D eigenvalue weighted by molar-refractivity contribution is 0.436. The Bertz CT molecular complexity index is 399. The number of rotatable bonds is 8. The minimum absolute atomic E-state index is 0.390. The molecular formula is C16H30N4. The number of anilines is 2. The SMILES string of the molecule is CCNc1ncnc(NC(C)C(CC)CC)c1C(C)C. The minimum Gasteiger partial charge on any atom is -0.370 e. The Kier molecular flexibility index (Phi) is 6.76. The second kappa shape index (κ2) is 8.08. The van der Waals surface area contributed by atoms with Crippen molar-refractivity contribution in [2.75, 3.05) is 17.2 Å². The summed E-state index contributed by atoms with van der Waals surface area (Å²) >= 11 is 0. The lowest BCUT2D eigenvalue weighted by atomic mass is 9.95. The van der Waals surface area contributed by atoms with Gasteiger partial charge in [0.05, 0.1) is 0 Å². The third-order valence-corrected chi connectivity index (χ3v) is 3.93. The molecule has 1 heterocycles. The Morgan fingerprint density at radius 3 is 2.10 bits per heavy atom. The van der Waals surface area contributed by atoms with Crippen LogP contribution in [0.25, 0.3) is 0 Å². The molecule has 1 rings (SSSR count). The third-order valence-electron chi connectivity index (χ3n) is 3.93. The van der Waals surface area contributed by atoms with Crippen molar-refractivity contribution in [2.45, 2.75) is 66.3 Å². The normalized spacial score (nSPS) is 12.8. The number of hydrogen-bond donors (Lipinski definition) is 2. The molecule has 0 saturated carbocycles. The van der Waals surface area contributed by atoms with Crippen LogP contribution >= 0.6 is 0 Å². The molecule has 0 aliphatic rings. The summed E-state index contributed by atoms with van der Waals surface area (Å²) in [6, 6.07) is 0.423. The molecule has 0 radical (unpaired) electrons. The van der Waals surface area contributed by atoms with Crippen LogP contribution in [0.15, 0.2) is 6.33 Å². The predicted molar refractivity (Wildman–Crippen MR) is 87.4 cm³/mol. The highest BCUT2D eigenvalue weighted by Gasteiger charge is 2.19. The maximum absolute atomic E-state index is 4.47. The lowest BCUT2D eigenvalue weighted by Crippen LogP contribution is -2.26. The molecule has 114 valence electrons. The molecule has 20 heavy (non-hydrogen) atoms. The average molecular weight is 278 g/mol. The summed E-state index contributed by atoms with van der Waals surface area (Å²) in [5.74, 6) is 3.00. The van der Waals surface area contributed by atoms with Crippen LogP contribution in [0, 0.1) is 5.92 Å². The molecular weight excluding hydrogens is 248 g/mol. The van der Waals surface area contributed by atoms with E-state index in [1.165, 1.54) is 18.4 Å². The molecule has 2 N–H and O–H groups in total. The number of nitrogens with zero attached hydrogens (tertiary/aromatic N) is 2. The van der Waals surface area contributed by atoms with Crippen LogP contribution in [0.4, 0.5) is 11.6 Å². The second-order valence-corrected chi connectivity index (χ2v) is 5.68. The van der Waals surface area contributed by atoms with Crippen molar-refractivity contribution in [3.05, 3.63) is 11.9 Å². The summed E-state index contributed by atoms with van der Waals surface area (Å²) in [6.07, 6.45) is 4.02. The highest BCUT2D eigenvalue weighted by atomic mass is 15.1. The first-order chi connectivity index (χ1) is 9.54. The van der Waals surface area contributed by atoms with Gasteiger partial charge in [0.1, 0.15) is 18.0 Å². The topological polar surface area (TPSA) is 49.8 Å². The lowest BCUT2D eigenvalue weighted by Gasteiger charge is -2.25. The van der Waals surface area contributed by atoms with E-state index >= 15 is 0 Å². The number of aromatic nitrogens is 2. The summed E-state index contributed by atoms with van der Waals surface area (Å²) in [7, 11) is 0. The van der Waals surface area contributed by atoms with E-state index in [9.17, 15) is 0 Å². The summed E-state index contributed by atoms with van der Waals surface area (Å²) < 4.78 is 0. The molecule has 1 unspecified atom stereocenters. The Morgan fingerprint density at radius 2 is 1.60 bits per heavy atom. The van der Waals surface area contributed by atoms with Gasteiger partial charge in [-0.05, 0) is 25.7 Å². The van der Waals surface area contributed by atoms with Gasteiger partial charge in [-0.25, -0.2) is 9.97 Å². The van der Waals surface area contributed by atoms with Crippen molar-refractivity contribution in [2.24, 2.45) is 5.92 Å². The Balaban J connectivity index is 3.02. The molecule has 0 fully saturated rings. The molecule has 0 saturated heterocycles. The molecule has 0 aromatic carbocycles. The number of nitrogens with one attached hydrogen (secondary N) is 2. The van der Waals surface area contributed by atoms with E-state index in [1.54, 1.807) is 6.33 Å². The van der Waals surface area contributed by atoms with Gasteiger partial charge in [0.2, 0.25) is 0 Å². The summed E-state index contributed by atoms with van der Waals surface area (Å²) in [4.78, 5) is 8.85. The standard InChI is InChI=1S/C16H30N4/c1-7-13(8-2)12(6)20-16-14(11(4)5)15(17-9-3)18-10-19-16/h10-13H,7-9H2,1-6H3,(H2,17,18,19,20). The molecule has 0 spiro atoms. The summed E-state index contributed by atoms with van der Waals surface area (Å²) in [5, 5.41) is 6.94. The van der Waals surface area contributed by atoms with Crippen molar-refractivity contribution in [1.29, 1.82) is 0 Å². The molecule has 1 aromatic rings. The van der Waals surface area contributed by atoms with Gasteiger partial charge < -0.3 is 10.6 Å². The fourth-order valence-corrected chi connectivity index (χ4v) is 2.70. The van der Waals surface area contributed by atoms with Crippen LogP contribution < -0.4 is 10.6 Å². The monoisotopic (exact) mass is 278 g/mol. The van der Waals surface area contributed by atoms with Gasteiger partial charge in [0.25, 0.3) is 0 Å². The van der Waals surface area contributed by atoms with Crippen LogP contribution in [-0.2, 0) is 0 Å². The van der Waals surface area contributed by atoms with Crippen LogP contribution in [-0.4, -0.2) is 22.6 Å². The second-order valence-electron chi connectivity index (χ2n) is 5.68. The minimum atomic E-state index is 0.390. The zero-order valence-corrected chi connectivity index (χ0v) is 13.8. The van der Waals surface area contributed by atoms with Gasteiger partial charge in [0, 0.05) is 18.2 Å². The van der Waals surface area contributed by atoms with E-state index in [1.807, 2.05) is 0 Å². The molecule has 4 nitrogen and oxygen atoms in total. The molecule has 0 aliphatic heterocycles. The van der Waals surface area contributed by atoms with E-state index in [4.69, 9.17) is 0 Å². The first-order valence-electron chi connectivity index (χ1n) is 7.90. The molecule has 1 aromatic heterocycles. The van der Waals surface area contributed by atoms with Crippen molar-refractivity contribution in [3.63, 3.8) is 0 Å². The summed E-state index contributed by atoms with van der Waals surface area (Å²) in [5.41, 5.74) is 1.19. The van der Waals surface area contributed by atoms with Crippen LogP contribution in [0.2, 0.25) is 0 Å². The van der Waals surface area contributed by atoms with Crippen molar-refractivity contribution in [3.8, 4) is 0 Å². The largest absolute Gasteiger partial charge is 0.370 e. The maximum atomic E-state index is 4.47. The highest BCUT2D eigenvalue weighted by Crippen LogP contribution is 2.29. The summed E-state index contributed by atoms with van der Waals surface area (Å²) in [6.45, 7) is 14.1. The van der Waals surface area contributed by atoms with Gasteiger partial charge in [-0.15, -0.1) is 0 Å². The fourth-order valence-electron chi connectivity index (χ4n) is 2.70. The Morgan fingerprint density at radius 1 is 1.00 bits per heavy atom. The van der Waals surface area contributed by atoms with E-state index in [-0.39, 0.29) is 0 Å². The molecule has 1 atom stereocenters. The van der Waals surface area contributed by atoms with Crippen molar-refractivity contribution >= 4 is 11.6 Å². The van der Waals surface area contributed by atoms with Gasteiger partial charge in [-0.3, -0.25) is 0 Å². The van der Waals surface area contributed by atoms with E-state index < -0.39 is 0 Å². The van der Waals surface area contributed by atoms with Gasteiger partial charge >= 0.3 is 0 Å². The number of hydrogen-bond acceptors (Lipinski definition) is 4. The van der Waals surface area contributed by atoms with Crippen LogP contribution in [0.1, 0.15) is 65.9 Å².